The number of aliphatic hydroxyl groups is 1. The smallest absolute Gasteiger partial charge is 0.0592 e. The van der Waals surface area contributed by atoms with Crippen LogP contribution in [0.15, 0.2) is 12.7 Å². The summed E-state index contributed by atoms with van der Waals surface area (Å²) >= 11 is 0. The molecule has 0 radical (unpaired) electrons. The second-order valence-electron chi connectivity index (χ2n) is 4.25. The van der Waals surface area contributed by atoms with Crippen molar-refractivity contribution in [1.82, 2.24) is 5.32 Å². The van der Waals surface area contributed by atoms with Gasteiger partial charge in [-0.25, -0.2) is 0 Å². The Kier molecular flexibility index (Phi) is 5.88. The maximum atomic E-state index is 9.72. The Bertz CT molecular complexity index is 158. The van der Waals surface area contributed by atoms with Gasteiger partial charge >= 0.3 is 0 Å². The lowest BCUT2D eigenvalue weighted by atomic mass is 9.91. The fraction of sp³-hybridized carbons (Fsp3) is 0.833. The van der Waals surface area contributed by atoms with E-state index >= 15 is 0 Å². The van der Waals surface area contributed by atoms with E-state index in [2.05, 4.69) is 11.9 Å². The van der Waals surface area contributed by atoms with Gasteiger partial charge in [-0.05, 0) is 38.1 Å². The molecule has 0 saturated carbocycles. The molecular weight excluding hydrogens is 174 g/mol. The third-order valence-corrected chi connectivity index (χ3v) is 3.05. The van der Waals surface area contributed by atoms with E-state index in [-0.39, 0.29) is 6.10 Å². The largest absolute Gasteiger partial charge is 0.393 e. The Labute approximate surface area is 87.4 Å². The van der Waals surface area contributed by atoms with Gasteiger partial charge in [0.15, 0.2) is 0 Å². The molecule has 0 amide bonds. The fourth-order valence-corrected chi connectivity index (χ4v) is 2.08. The van der Waals surface area contributed by atoms with Crippen molar-refractivity contribution < 1.29 is 5.11 Å². The molecule has 1 rings (SSSR count). The zero-order chi connectivity index (χ0) is 10.2. The third kappa shape index (κ3) is 4.25. The molecule has 0 aromatic heterocycles. The summed E-state index contributed by atoms with van der Waals surface area (Å²) < 4.78 is 0. The van der Waals surface area contributed by atoms with Crippen LogP contribution in [0.5, 0.6) is 0 Å². The van der Waals surface area contributed by atoms with Crippen LogP contribution in [-0.4, -0.2) is 24.3 Å². The van der Waals surface area contributed by atoms with Gasteiger partial charge < -0.3 is 10.4 Å². The number of piperidine rings is 1. The molecule has 0 aromatic rings. The summed E-state index contributed by atoms with van der Waals surface area (Å²) in [5.74, 6) is 0.493. The van der Waals surface area contributed by atoms with Crippen LogP contribution in [0.4, 0.5) is 0 Å². The molecule has 1 aliphatic rings. The van der Waals surface area contributed by atoms with Crippen LogP contribution in [0.2, 0.25) is 0 Å². The maximum absolute atomic E-state index is 9.72. The second-order valence-corrected chi connectivity index (χ2v) is 4.25. The summed E-state index contributed by atoms with van der Waals surface area (Å²) in [5.41, 5.74) is 0. The zero-order valence-corrected chi connectivity index (χ0v) is 9.04. The van der Waals surface area contributed by atoms with E-state index in [1.165, 1.54) is 25.7 Å². The van der Waals surface area contributed by atoms with Gasteiger partial charge in [-0.1, -0.05) is 18.9 Å². The predicted octanol–water partition coefficient (Wildman–Crippen LogP) is 2.09. The lowest BCUT2D eigenvalue weighted by molar-refractivity contribution is 0.0731. The lowest BCUT2D eigenvalue weighted by Gasteiger charge is -2.28. The van der Waals surface area contributed by atoms with E-state index in [1.54, 1.807) is 0 Å². The number of nitrogens with one attached hydrogen (secondary N) is 1. The lowest BCUT2D eigenvalue weighted by Crippen LogP contribution is -2.39. The SMILES string of the molecule is C=CCCCCCC1CNCCC1O. The predicted molar refractivity (Wildman–Crippen MR) is 60.3 cm³/mol. The maximum Gasteiger partial charge on any atom is 0.0592 e. The molecule has 2 heteroatoms. The van der Waals surface area contributed by atoms with Crippen molar-refractivity contribution in [1.29, 1.82) is 0 Å². The molecule has 0 aromatic carbocycles. The minimum Gasteiger partial charge on any atom is -0.393 e. The van der Waals surface area contributed by atoms with Crippen molar-refractivity contribution in [3.63, 3.8) is 0 Å². The molecule has 0 bridgehead atoms. The normalized spacial score (nSPS) is 27.5. The number of rotatable bonds is 6. The molecule has 2 nitrogen and oxygen atoms in total. The molecule has 2 unspecified atom stereocenters. The van der Waals surface area contributed by atoms with E-state index < -0.39 is 0 Å². The van der Waals surface area contributed by atoms with Gasteiger partial charge in [0.25, 0.3) is 0 Å². The van der Waals surface area contributed by atoms with Crippen molar-refractivity contribution in [2.24, 2.45) is 5.92 Å². The first kappa shape index (κ1) is 11.7. The zero-order valence-electron chi connectivity index (χ0n) is 9.04. The Hall–Kier alpha value is -0.340. The van der Waals surface area contributed by atoms with Gasteiger partial charge in [0.05, 0.1) is 6.10 Å². The monoisotopic (exact) mass is 197 g/mol. The topological polar surface area (TPSA) is 32.3 Å². The van der Waals surface area contributed by atoms with Crippen molar-refractivity contribution in [3.05, 3.63) is 12.7 Å². The molecule has 2 atom stereocenters. The van der Waals surface area contributed by atoms with E-state index in [9.17, 15) is 5.11 Å². The van der Waals surface area contributed by atoms with Gasteiger partial charge in [-0.2, -0.15) is 0 Å². The highest BCUT2D eigenvalue weighted by molar-refractivity contribution is 4.77. The first-order chi connectivity index (χ1) is 6.84. The quantitative estimate of drug-likeness (QED) is 0.505. The summed E-state index contributed by atoms with van der Waals surface area (Å²) in [6.07, 6.45) is 8.92. The number of hydrogen-bond donors (Lipinski definition) is 2. The summed E-state index contributed by atoms with van der Waals surface area (Å²) in [7, 11) is 0. The molecule has 1 fully saturated rings. The van der Waals surface area contributed by atoms with Crippen LogP contribution in [0.1, 0.15) is 38.5 Å². The molecule has 1 aliphatic heterocycles. The van der Waals surface area contributed by atoms with Gasteiger partial charge in [0.1, 0.15) is 0 Å². The van der Waals surface area contributed by atoms with E-state index in [4.69, 9.17) is 0 Å². The first-order valence-electron chi connectivity index (χ1n) is 5.84. The molecule has 0 aliphatic carbocycles. The van der Waals surface area contributed by atoms with Crippen molar-refractivity contribution in [2.45, 2.75) is 44.6 Å². The van der Waals surface area contributed by atoms with Crippen LogP contribution in [0.3, 0.4) is 0 Å². The summed E-state index contributed by atoms with van der Waals surface area (Å²) in [5, 5.41) is 13.1. The molecule has 14 heavy (non-hydrogen) atoms. The molecule has 82 valence electrons. The van der Waals surface area contributed by atoms with Gasteiger partial charge in [-0.3, -0.25) is 0 Å². The standard InChI is InChI=1S/C12H23NO/c1-2-3-4-5-6-7-11-10-13-9-8-12(11)14/h2,11-14H,1,3-10H2. The Morgan fingerprint density at radius 1 is 1.36 bits per heavy atom. The summed E-state index contributed by atoms with van der Waals surface area (Å²) in [6.45, 7) is 5.69. The van der Waals surface area contributed by atoms with Crippen LogP contribution in [0.25, 0.3) is 0 Å². The Balaban J connectivity index is 2.01. The number of allylic oxidation sites excluding steroid dienone is 1. The number of hydrogen-bond acceptors (Lipinski definition) is 2. The molecule has 0 spiro atoms. The minimum atomic E-state index is -0.0596. The van der Waals surface area contributed by atoms with E-state index in [0.29, 0.717) is 5.92 Å². The van der Waals surface area contributed by atoms with Gasteiger partial charge in [0.2, 0.25) is 0 Å². The van der Waals surface area contributed by atoms with Crippen LogP contribution in [0, 0.1) is 5.92 Å². The van der Waals surface area contributed by atoms with E-state index in [1.807, 2.05) is 6.08 Å². The molecule has 1 heterocycles. The highest BCUT2D eigenvalue weighted by atomic mass is 16.3. The van der Waals surface area contributed by atoms with Gasteiger partial charge in [-0.15, -0.1) is 6.58 Å². The van der Waals surface area contributed by atoms with Crippen molar-refractivity contribution in [3.8, 4) is 0 Å². The molecule has 1 saturated heterocycles. The Morgan fingerprint density at radius 2 is 2.21 bits per heavy atom. The average molecular weight is 197 g/mol. The summed E-state index contributed by atoms with van der Waals surface area (Å²) in [6, 6.07) is 0. The summed E-state index contributed by atoms with van der Waals surface area (Å²) in [4.78, 5) is 0. The van der Waals surface area contributed by atoms with Crippen molar-refractivity contribution >= 4 is 0 Å². The van der Waals surface area contributed by atoms with E-state index in [0.717, 1.165) is 25.9 Å². The number of unbranched alkanes of at least 4 members (excludes halogenated alkanes) is 3. The van der Waals surface area contributed by atoms with Gasteiger partial charge in [0, 0.05) is 6.54 Å². The van der Waals surface area contributed by atoms with Crippen LogP contribution >= 0.6 is 0 Å². The second kappa shape index (κ2) is 7.02. The van der Waals surface area contributed by atoms with Crippen LogP contribution < -0.4 is 5.32 Å². The van der Waals surface area contributed by atoms with Crippen molar-refractivity contribution in [2.75, 3.05) is 13.1 Å². The first-order valence-corrected chi connectivity index (χ1v) is 5.84. The third-order valence-electron chi connectivity index (χ3n) is 3.05. The highest BCUT2D eigenvalue weighted by Gasteiger charge is 2.21. The fourth-order valence-electron chi connectivity index (χ4n) is 2.08. The average Bonchev–Trinajstić information content (AvgIpc) is 2.20. The van der Waals surface area contributed by atoms with Crippen LogP contribution in [-0.2, 0) is 0 Å². The molecular formula is C12H23NO. The number of aliphatic hydroxyl groups excluding tert-OH is 1. The molecule has 2 N–H and O–H groups in total. The highest BCUT2D eigenvalue weighted by Crippen LogP contribution is 2.18. The minimum absolute atomic E-state index is 0.0596. The Morgan fingerprint density at radius 3 is 2.93 bits per heavy atom.